The number of hydrogen-bond donors (Lipinski definition) is 1. The molecule has 0 aromatic heterocycles. The molecule has 0 heterocycles. The molecule has 0 saturated heterocycles. The number of anilines is 1. The van der Waals surface area contributed by atoms with Gasteiger partial charge in [-0.25, -0.2) is 8.42 Å². The normalized spacial score (nSPS) is 11.8. The molecule has 0 unspecified atom stereocenters. The van der Waals surface area contributed by atoms with E-state index >= 15 is 0 Å². The number of likely N-dealkylation sites (N-methyl/N-ethyl adjacent to an activating group) is 1. The highest BCUT2D eigenvalue weighted by atomic mass is 32.2. The number of nitrogens with zero attached hydrogens (tertiary/aromatic N) is 1. The van der Waals surface area contributed by atoms with Crippen molar-refractivity contribution in [2.24, 2.45) is 0 Å². The summed E-state index contributed by atoms with van der Waals surface area (Å²) in [6.07, 6.45) is 1.06. The lowest BCUT2D eigenvalue weighted by atomic mass is 10.3. The number of halogens is 2. The van der Waals surface area contributed by atoms with Crippen LogP contribution in [0, 0.1) is 0 Å². The molecule has 0 aliphatic rings. The van der Waals surface area contributed by atoms with Crippen molar-refractivity contribution >= 4 is 15.5 Å². The number of hydrogen-bond acceptors (Lipinski definition) is 4. The fourth-order valence-electron chi connectivity index (χ4n) is 1.67. The lowest BCUT2D eigenvalue weighted by molar-refractivity contribution is 0.234. The molecule has 0 spiro atoms. The third-order valence-electron chi connectivity index (χ3n) is 2.89. The third kappa shape index (κ3) is 4.42. The maximum Gasteiger partial charge on any atom is 0.341 e. The molecule has 0 radical (unpaired) electrons. The van der Waals surface area contributed by atoms with Crippen molar-refractivity contribution in [3.8, 4) is 0 Å². The van der Waals surface area contributed by atoms with Crippen molar-refractivity contribution in [3.05, 3.63) is 24.3 Å². The molecule has 0 fully saturated rings. The quantitative estimate of drug-likeness (QED) is 0.748. The number of rotatable bonds is 8. The van der Waals surface area contributed by atoms with Crippen LogP contribution in [-0.4, -0.2) is 40.9 Å². The lowest BCUT2D eigenvalue weighted by Gasteiger charge is -2.19. The van der Waals surface area contributed by atoms with Crippen LogP contribution in [0.25, 0.3) is 0 Å². The van der Waals surface area contributed by atoms with E-state index in [1.165, 1.54) is 24.3 Å². The SMILES string of the molecule is CCCNCCN(C)c1ccc(S(=O)(=O)C(F)F)cc1. The van der Waals surface area contributed by atoms with Gasteiger partial charge in [0.05, 0.1) is 4.90 Å². The topological polar surface area (TPSA) is 49.4 Å². The van der Waals surface area contributed by atoms with Gasteiger partial charge in [0, 0.05) is 25.8 Å². The highest BCUT2D eigenvalue weighted by Gasteiger charge is 2.26. The van der Waals surface area contributed by atoms with Gasteiger partial charge in [-0.15, -0.1) is 0 Å². The van der Waals surface area contributed by atoms with Crippen LogP contribution in [0.15, 0.2) is 29.2 Å². The molecule has 1 N–H and O–H groups in total. The molecular weight excluding hydrogens is 286 g/mol. The Balaban J connectivity index is 2.67. The maximum absolute atomic E-state index is 12.4. The highest BCUT2D eigenvalue weighted by molar-refractivity contribution is 7.91. The maximum atomic E-state index is 12.4. The average Bonchev–Trinajstić information content (AvgIpc) is 2.43. The minimum absolute atomic E-state index is 0.353. The molecule has 20 heavy (non-hydrogen) atoms. The summed E-state index contributed by atoms with van der Waals surface area (Å²) in [5.41, 5.74) is 0.788. The average molecular weight is 306 g/mol. The molecule has 114 valence electrons. The zero-order valence-corrected chi connectivity index (χ0v) is 12.5. The minimum Gasteiger partial charge on any atom is -0.373 e. The first kappa shape index (κ1) is 16.8. The van der Waals surface area contributed by atoms with Gasteiger partial charge in [0.15, 0.2) is 0 Å². The Morgan fingerprint density at radius 3 is 2.30 bits per heavy atom. The molecule has 0 atom stereocenters. The van der Waals surface area contributed by atoms with Gasteiger partial charge in [0.2, 0.25) is 9.84 Å². The minimum atomic E-state index is -4.51. The monoisotopic (exact) mass is 306 g/mol. The molecule has 0 aliphatic heterocycles. The van der Waals surface area contributed by atoms with Gasteiger partial charge in [-0.05, 0) is 37.2 Å². The van der Waals surface area contributed by atoms with E-state index in [9.17, 15) is 17.2 Å². The highest BCUT2D eigenvalue weighted by Crippen LogP contribution is 2.21. The first-order chi connectivity index (χ1) is 9.39. The Kier molecular flexibility index (Phi) is 6.35. The second-order valence-electron chi connectivity index (χ2n) is 4.47. The van der Waals surface area contributed by atoms with Crippen LogP contribution in [0.3, 0.4) is 0 Å². The number of alkyl halides is 2. The number of nitrogens with one attached hydrogen (secondary N) is 1. The zero-order chi connectivity index (χ0) is 15.2. The molecule has 0 saturated carbocycles. The van der Waals surface area contributed by atoms with Crippen LogP contribution >= 0.6 is 0 Å². The first-order valence-corrected chi connectivity index (χ1v) is 7.98. The fourth-order valence-corrected chi connectivity index (χ4v) is 2.39. The van der Waals surface area contributed by atoms with Crippen LogP contribution in [0.1, 0.15) is 13.3 Å². The summed E-state index contributed by atoms with van der Waals surface area (Å²) in [5.74, 6) is -3.38. The molecule has 1 aromatic carbocycles. The molecule has 0 aliphatic carbocycles. The summed E-state index contributed by atoms with van der Waals surface area (Å²) in [4.78, 5) is 1.58. The fraction of sp³-hybridized carbons (Fsp3) is 0.538. The predicted octanol–water partition coefficient (Wildman–Crippen LogP) is 2.12. The van der Waals surface area contributed by atoms with Crippen LogP contribution < -0.4 is 10.2 Å². The van der Waals surface area contributed by atoms with Crippen LogP contribution in [0.5, 0.6) is 0 Å². The van der Waals surface area contributed by atoms with Gasteiger partial charge < -0.3 is 10.2 Å². The van der Waals surface area contributed by atoms with Gasteiger partial charge in [0.1, 0.15) is 0 Å². The van der Waals surface area contributed by atoms with E-state index in [0.717, 1.165) is 31.7 Å². The molecule has 0 amide bonds. The Bertz CT molecular complexity index is 504. The predicted molar refractivity (Wildman–Crippen MR) is 76.1 cm³/mol. The lowest BCUT2D eigenvalue weighted by Crippen LogP contribution is -2.29. The van der Waals surface area contributed by atoms with Crippen molar-refractivity contribution in [1.82, 2.24) is 5.32 Å². The Labute approximate surface area is 118 Å². The summed E-state index contributed by atoms with van der Waals surface area (Å²) < 4.78 is 47.3. The molecule has 1 aromatic rings. The van der Waals surface area contributed by atoms with Crippen molar-refractivity contribution in [2.45, 2.75) is 24.0 Å². The van der Waals surface area contributed by atoms with Crippen molar-refractivity contribution < 1.29 is 17.2 Å². The Morgan fingerprint density at radius 2 is 1.80 bits per heavy atom. The summed E-state index contributed by atoms with van der Waals surface area (Å²) in [7, 11) is -2.64. The first-order valence-electron chi connectivity index (χ1n) is 6.43. The summed E-state index contributed by atoms with van der Waals surface area (Å²) in [6.45, 7) is 4.58. The van der Waals surface area contributed by atoms with E-state index in [2.05, 4.69) is 12.2 Å². The molecule has 0 bridgehead atoms. The van der Waals surface area contributed by atoms with Gasteiger partial charge in [-0.1, -0.05) is 6.92 Å². The summed E-state index contributed by atoms with van der Waals surface area (Å²) in [5, 5.41) is 3.25. The van der Waals surface area contributed by atoms with Crippen LogP contribution in [0.4, 0.5) is 14.5 Å². The van der Waals surface area contributed by atoms with Crippen LogP contribution in [0.2, 0.25) is 0 Å². The van der Waals surface area contributed by atoms with Gasteiger partial charge >= 0.3 is 5.76 Å². The van der Waals surface area contributed by atoms with E-state index in [-0.39, 0.29) is 4.90 Å². The van der Waals surface area contributed by atoms with E-state index < -0.39 is 15.6 Å². The van der Waals surface area contributed by atoms with E-state index in [1.807, 2.05) is 11.9 Å². The summed E-state index contributed by atoms with van der Waals surface area (Å²) >= 11 is 0. The largest absolute Gasteiger partial charge is 0.373 e. The zero-order valence-electron chi connectivity index (χ0n) is 11.6. The van der Waals surface area contributed by atoms with E-state index in [1.54, 1.807) is 0 Å². The third-order valence-corrected chi connectivity index (χ3v) is 4.29. The van der Waals surface area contributed by atoms with Crippen molar-refractivity contribution in [3.63, 3.8) is 0 Å². The Hall–Kier alpha value is -1.21. The standard InChI is InChI=1S/C13H20F2N2O2S/c1-3-8-16-9-10-17(2)11-4-6-12(7-5-11)20(18,19)13(14)15/h4-7,13,16H,3,8-10H2,1-2H3. The second-order valence-corrected chi connectivity index (χ2v) is 6.39. The van der Waals surface area contributed by atoms with Crippen LogP contribution in [-0.2, 0) is 9.84 Å². The van der Waals surface area contributed by atoms with E-state index in [0.29, 0.717) is 0 Å². The van der Waals surface area contributed by atoms with Crippen molar-refractivity contribution in [1.29, 1.82) is 0 Å². The van der Waals surface area contributed by atoms with E-state index in [4.69, 9.17) is 0 Å². The molecule has 1 rings (SSSR count). The molecule has 7 heteroatoms. The van der Waals surface area contributed by atoms with Gasteiger partial charge in [-0.3, -0.25) is 0 Å². The second kappa shape index (κ2) is 7.54. The molecular formula is C13H20F2N2O2S. The number of sulfone groups is 1. The number of benzene rings is 1. The van der Waals surface area contributed by atoms with Crippen molar-refractivity contribution in [2.75, 3.05) is 31.6 Å². The smallest absolute Gasteiger partial charge is 0.341 e. The Morgan fingerprint density at radius 1 is 1.20 bits per heavy atom. The van der Waals surface area contributed by atoms with Gasteiger partial charge in [-0.2, -0.15) is 8.78 Å². The van der Waals surface area contributed by atoms with Gasteiger partial charge in [0.25, 0.3) is 0 Å². The summed E-state index contributed by atoms with van der Waals surface area (Å²) in [6, 6.07) is 5.50. The molecule has 4 nitrogen and oxygen atoms in total.